The molecule has 0 saturated carbocycles. The second kappa shape index (κ2) is 6.19. The molecular weight excluding hydrogens is 331 g/mol. The third kappa shape index (κ3) is 2.87. The Hall–Kier alpha value is -1.49. The van der Waals surface area contributed by atoms with Crippen molar-refractivity contribution in [3.05, 3.63) is 46.5 Å². The molecule has 4 nitrogen and oxygen atoms in total. The highest BCUT2D eigenvalue weighted by Gasteiger charge is 2.34. The minimum absolute atomic E-state index is 0.0118. The molecule has 3 aliphatic rings. The largest absolute Gasteiger partial charge is 0.375 e. The zero-order valence-corrected chi connectivity index (χ0v) is 14.1. The van der Waals surface area contributed by atoms with Crippen LogP contribution in [0.25, 0.3) is 0 Å². The predicted molar refractivity (Wildman–Crippen MR) is 97.0 cm³/mol. The molecule has 4 rings (SSSR count). The summed E-state index contributed by atoms with van der Waals surface area (Å²) < 4.78 is 0. The van der Waals surface area contributed by atoms with Crippen LogP contribution >= 0.6 is 23.2 Å². The van der Waals surface area contributed by atoms with Gasteiger partial charge in [0, 0.05) is 36.2 Å². The summed E-state index contributed by atoms with van der Waals surface area (Å²) in [6, 6.07) is 5.77. The van der Waals surface area contributed by atoms with Crippen LogP contribution < -0.4 is 10.6 Å². The highest BCUT2D eigenvalue weighted by Crippen LogP contribution is 2.38. The highest BCUT2D eigenvalue weighted by atomic mass is 35.5. The molecule has 1 aliphatic carbocycles. The molecule has 1 aromatic carbocycles. The summed E-state index contributed by atoms with van der Waals surface area (Å²) in [6.45, 7) is 3.85. The molecule has 2 atom stereocenters. The lowest BCUT2D eigenvalue weighted by atomic mass is 9.92. The summed E-state index contributed by atoms with van der Waals surface area (Å²) in [7, 11) is 0. The van der Waals surface area contributed by atoms with Gasteiger partial charge < -0.3 is 15.5 Å². The molecule has 6 heteroatoms. The molecule has 1 fully saturated rings. The Labute approximate surface area is 145 Å². The summed E-state index contributed by atoms with van der Waals surface area (Å²) in [4.78, 5) is 7.33. The normalized spacial score (nSPS) is 26.4. The van der Waals surface area contributed by atoms with Crippen LogP contribution in [0.1, 0.15) is 0 Å². The highest BCUT2D eigenvalue weighted by molar-refractivity contribution is 6.31. The number of aliphatic imine (C=N–C) groups is 1. The number of rotatable bonds is 0. The van der Waals surface area contributed by atoms with E-state index in [2.05, 4.69) is 21.6 Å². The van der Waals surface area contributed by atoms with Crippen molar-refractivity contribution in [3.63, 3.8) is 0 Å². The van der Waals surface area contributed by atoms with Gasteiger partial charge in [-0.1, -0.05) is 35.4 Å². The number of halogens is 2. The van der Waals surface area contributed by atoms with E-state index in [1.807, 2.05) is 30.4 Å². The molecule has 0 radical (unpaired) electrons. The number of nitrogens with zero attached hydrogens (tertiary/aromatic N) is 2. The Bertz CT molecular complexity index is 705. The Morgan fingerprint density at radius 2 is 2.00 bits per heavy atom. The fraction of sp³-hybridized carbons (Fsp3) is 0.353. The minimum Gasteiger partial charge on any atom is -0.375 e. The maximum absolute atomic E-state index is 6.50. The van der Waals surface area contributed by atoms with E-state index in [-0.39, 0.29) is 12.0 Å². The van der Waals surface area contributed by atoms with Crippen molar-refractivity contribution in [1.29, 1.82) is 0 Å². The van der Waals surface area contributed by atoms with Gasteiger partial charge in [0.05, 0.1) is 23.3 Å². The number of benzene rings is 1. The first-order valence-electron chi connectivity index (χ1n) is 7.86. The monoisotopic (exact) mass is 348 g/mol. The van der Waals surface area contributed by atoms with Crippen LogP contribution in [0, 0.1) is 5.92 Å². The number of nitrogens with one attached hydrogen (secondary N) is 2. The van der Waals surface area contributed by atoms with Crippen molar-refractivity contribution in [1.82, 2.24) is 10.2 Å². The first-order valence-corrected chi connectivity index (χ1v) is 8.62. The molecule has 2 unspecified atom stereocenters. The molecule has 1 aromatic rings. The van der Waals surface area contributed by atoms with Crippen LogP contribution in [0.5, 0.6) is 0 Å². The summed E-state index contributed by atoms with van der Waals surface area (Å²) >= 11 is 12.7. The van der Waals surface area contributed by atoms with E-state index in [4.69, 9.17) is 28.2 Å². The molecule has 0 aromatic heterocycles. The van der Waals surface area contributed by atoms with E-state index in [0.717, 1.165) is 48.4 Å². The van der Waals surface area contributed by atoms with Gasteiger partial charge in [-0.3, -0.25) is 0 Å². The molecule has 0 bridgehead atoms. The second-order valence-electron chi connectivity index (χ2n) is 5.95. The van der Waals surface area contributed by atoms with Crippen LogP contribution in [0.4, 0.5) is 11.4 Å². The first-order chi connectivity index (χ1) is 11.2. The van der Waals surface area contributed by atoms with Crippen LogP contribution in [0.15, 0.2) is 46.5 Å². The van der Waals surface area contributed by atoms with Gasteiger partial charge in [-0.05, 0) is 24.3 Å². The Morgan fingerprint density at radius 1 is 1.17 bits per heavy atom. The van der Waals surface area contributed by atoms with Crippen molar-refractivity contribution in [2.45, 2.75) is 6.04 Å². The van der Waals surface area contributed by atoms with E-state index in [9.17, 15) is 0 Å². The zero-order chi connectivity index (χ0) is 15.8. The molecule has 120 valence electrons. The molecular formula is C17H18Cl2N4. The minimum atomic E-state index is 0.0118. The molecule has 2 N–H and O–H groups in total. The average Bonchev–Trinajstić information content (AvgIpc) is 2.73. The number of fused-ring (bicyclic) bond motifs is 2. The molecule has 2 heterocycles. The average molecular weight is 349 g/mol. The fourth-order valence-electron chi connectivity index (χ4n) is 3.31. The van der Waals surface area contributed by atoms with Gasteiger partial charge in [0.25, 0.3) is 0 Å². The third-order valence-electron chi connectivity index (χ3n) is 4.48. The molecule has 1 saturated heterocycles. The third-order valence-corrected chi connectivity index (χ3v) is 5.07. The van der Waals surface area contributed by atoms with Crippen LogP contribution in [0.3, 0.4) is 0 Å². The van der Waals surface area contributed by atoms with Gasteiger partial charge in [0.2, 0.25) is 0 Å². The van der Waals surface area contributed by atoms with E-state index in [1.54, 1.807) is 0 Å². The second-order valence-corrected chi connectivity index (χ2v) is 6.83. The van der Waals surface area contributed by atoms with Crippen LogP contribution in [-0.2, 0) is 0 Å². The van der Waals surface area contributed by atoms with Crippen LogP contribution in [0.2, 0.25) is 5.02 Å². The summed E-state index contributed by atoms with van der Waals surface area (Å²) in [6.07, 6.45) is 6.15. The van der Waals surface area contributed by atoms with E-state index >= 15 is 0 Å². The van der Waals surface area contributed by atoms with Crippen molar-refractivity contribution >= 4 is 40.4 Å². The summed E-state index contributed by atoms with van der Waals surface area (Å²) in [5.74, 6) is 1.18. The topological polar surface area (TPSA) is 39.7 Å². The SMILES string of the molecule is ClC1=CC=CC2C(N3CCNCC3)=Nc3cc(Cl)ccc3NC12. The van der Waals surface area contributed by atoms with Gasteiger partial charge >= 0.3 is 0 Å². The van der Waals surface area contributed by atoms with E-state index in [1.165, 1.54) is 0 Å². The van der Waals surface area contributed by atoms with Crippen molar-refractivity contribution in [2.75, 3.05) is 31.5 Å². The van der Waals surface area contributed by atoms with Crippen molar-refractivity contribution in [2.24, 2.45) is 10.9 Å². The van der Waals surface area contributed by atoms with Gasteiger partial charge in [-0.15, -0.1) is 0 Å². The lowest BCUT2D eigenvalue weighted by Gasteiger charge is -2.36. The zero-order valence-electron chi connectivity index (χ0n) is 12.6. The van der Waals surface area contributed by atoms with Crippen molar-refractivity contribution < 1.29 is 0 Å². The van der Waals surface area contributed by atoms with Gasteiger partial charge in [-0.25, -0.2) is 4.99 Å². The smallest absolute Gasteiger partial charge is 0.114 e. The molecule has 0 spiro atoms. The van der Waals surface area contributed by atoms with Gasteiger partial charge in [0.15, 0.2) is 0 Å². The van der Waals surface area contributed by atoms with E-state index < -0.39 is 0 Å². The van der Waals surface area contributed by atoms with Gasteiger partial charge in [0.1, 0.15) is 5.84 Å². The maximum Gasteiger partial charge on any atom is 0.114 e. The Kier molecular flexibility index (Phi) is 4.05. The summed E-state index contributed by atoms with van der Waals surface area (Å²) in [5, 5.41) is 8.43. The number of allylic oxidation sites excluding steroid dienone is 2. The van der Waals surface area contributed by atoms with Crippen molar-refractivity contribution in [3.8, 4) is 0 Å². The quantitative estimate of drug-likeness (QED) is 0.754. The van der Waals surface area contributed by atoms with Crippen LogP contribution in [-0.4, -0.2) is 43.0 Å². The van der Waals surface area contributed by atoms with Gasteiger partial charge in [-0.2, -0.15) is 0 Å². The number of piperazine rings is 1. The Morgan fingerprint density at radius 3 is 2.83 bits per heavy atom. The number of amidine groups is 1. The maximum atomic E-state index is 6.50. The molecule has 0 amide bonds. The standard InChI is InChI=1S/C17H18Cl2N4/c18-11-4-5-14-15(10-11)22-17(23-8-6-20-7-9-23)12-2-1-3-13(19)16(12)21-14/h1-5,10,12,16,20-21H,6-9H2. The summed E-state index contributed by atoms with van der Waals surface area (Å²) in [5.41, 5.74) is 1.84. The number of hydrogen-bond acceptors (Lipinski definition) is 4. The number of hydrogen-bond donors (Lipinski definition) is 2. The lowest BCUT2D eigenvalue weighted by molar-refractivity contribution is 0.344. The first kappa shape index (κ1) is 15.1. The molecule has 2 aliphatic heterocycles. The fourth-order valence-corrected chi connectivity index (χ4v) is 3.74. The molecule has 23 heavy (non-hydrogen) atoms. The predicted octanol–water partition coefficient (Wildman–Crippen LogP) is 3.38. The Balaban J connectivity index is 1.81. The van der Waals surface area contributed by atoms with E-state index in [0.29, 0.717) is 5.02 Å². The lowest BCUT2D eigenvalue weighted by Crippen LogP contribution is -2.50. The number of anilines is 1.